The number of aryl methyl sites for hydroxylation is 2. The lowest BCUT2D eigenvalue weighted by Gasteiger charge is -2.11. The molecule has 0 saturated heterocycles. The number of fused-ring (bicyclic) bond motifs is 1. The summed E-state index contributed by atoms with van der Waals surface area (Å²) in [5, 5.41) is 0.127. The number of hydrogen-bond acceptors (Lipinski definition) is 4. The Balaban J connectivity index is 1.63. The number of benzene rings is 1. The number of nitrogens with two attached hydrogens (primary N) is 1. The Morgan fingerprint density at radius 3 is 2.73 bits per heavy atom. The van der Waals surface area contributed by atoms with E-state index < -0.39 is 10.0 Å². The minimum Gasteiger partial charge on any atom is -0.399 e. The van der Waals surface area contributed by atoms with Crippen LogP contribution in [-0.2, 0) is 29.4 Å². The Morgan fingerprint density at radius 1 is 1.23 bits per heavy atom. The van der Waals surface area contributed by atoms with E-state index in [-0.39, 0.29) is 5.03 Å². The van der Waals surface area contributed by atoms with Gasteiger partial charge in [-0.15, -0.1) is 0 Å². The van der Waals surface area contributed by atoms with Gasteiger partial charge < -0.3 is 10.3 Å². The molecule has 0 radical (unpaired) electrons. The molecule has 0 spiro atoms. The van der Waals surface area contributed by atoms with Crippen molar-refractivity contribution in [2.45, 2.75) is 37.3 Å². The summed E-state index contributed by atoms with van der Waals surface area (Å²) in [6, 6.07) is 7.43. The van der Waals surface area contributed by atoms with E-state index in [0.717, 1.165) is 37.2 Å². The van der Waals surface area contributed by atoms with E-state index in [1.165, 1.54) is 0 Å². The van der Waals surface area contributed by atoms with E-state index in [9.17, 15) is 8.42 Å². The Hall–Kier alpha value is -1.86. The van der Waals surface area contributed by atoms with Gasteiger partial charge in [-0.3, -0.25) is 0 Å². The van der Waals surface area contributed by atoms with Crippen LogP contribution in [0, 0.1) is 0 Å². The number of sulfonamides is 1. The summed E-state index contributed by atoms with van der Waals surface area (Å²) in [5.74, 6) is 0.866. The Labute approximate surface area is 130 Å². The van der Waals surface area contributed by atoms with Crippen LogP contribution in [0.2, 0.25) is 0 Å². The van der Waals surface area contributed by atoms with Gasteiger partial charge in [0.1, 0.15) is 5.82 Å². The standard InChI is InChI=1S/C15H20N4O2S/c16-13-6-4-12(5-7-13)8-9-17-22(20,21)15-11-19-10-2-1-3-14(19)18-15/h4-7,11,17H,1-3,8-10,16H2. The third-order valence-corrected chi connectivity index (χ3v) is 5.18. The van der Waals surface area contributed by atoms with E-state index in [1.807, 2.05) is 28.8 Å². The summed E-state index contributed by atoms with van der Waals surface area (Å²) in [6.45, 7) is 1.19. The molecule has 118 valence electrons. The maximum atomic E-state index is 12.3. The first kappa shape index (κ1) is 15.1. The lowest BCUT2D eigenvalue weighted by molar-refractivity contribution is 0.522. The van der Waals surface area contributed by atoms with Gasteiger partial charge in [-0.25, -0.2) is 18.1 Å². The molecule has 0 fully saturated rings. The van der Waals surface area contributed by atoms with E-state index in [0.29, 0.717) is 18.7 Å². The lowest BCUT2D eigenvalue weighted by Crippen LogP contribution is -2.26. The molecule has 3 rings (SSSR count). The van der Waals surface area contributed by atoms with E-state index in [1.54, 1.807) is 6.20 Å². The van der Waals surface area contributed by atoms with Crippen LogP contribution in [0.4, 0.5) is 5.69 Å². The number of nitrogens with zero attached hydrogens (tertiary/aromatic N) is 2. The number of nitrogens with one attached hydrogen (secondary N) is 1. The Kier molecular flexibility index (Phi) is 4.17. The zero-order valence-corrected chi connectivity index (χ0v) is 13.1. The second-order valence-electron chi connectivity index (χ2n) is 5.54. The van der Waals surface area contributed by atoms with Crippen molar-refractivity contribution in [1.82, 2.24) is 14.3 Å². The molecule has 0 saturated carbocycles. The van der Waals surface area contributed by atoms with E-state index in [4.69, 9.17) is 5.73 Å². The van der Waals surface area contributed by atoms with Crippen LogP contribution in [0.15, 0.2) is 35.5 Å². The molecule has 3 N–H and O–H groups in total. The molecule has 0 atom stereocenters. The van der Waals surface area contributed by atoms with Crippen molar-refractivity contribution in [2.75, 3.05) is 12.3 Å². The van der Waals surface area contributed by atoms with Gasteiger partial charge in [0, 0.05) is 31.4 Å². The van der Waals surface area contributed by atoms with Gasteiger partial charge in [-0.2, -0.15) is 0 Å². The molecule has 6 nitrogen and oxygen atoms in total. The van der Waals surface area contributed by atoms with Crippen LogP contribution in [0.5, 0.6) is 0 Å². The Morgan fingerprint density at radius 2 is 2.00 bits per heavy atom. The minimum atomic E-state index is -3.54. The van der Waals surface area contributed by atoms with Gasteiger partial charge >= 0.3 is 0 Å². The highest BCUT2D eigenvalue weighted by Crippen LogP contribution is 2.17. The van der Waals surface area contributed by atoms with Crippen molar-refractivity contribution in [3.63, 3.8) is 0 Å². The second kappa shape index (κ2) is 6.10. The van der Waals surface area contributed by atoms with Gasteiger partial charge in [-0.1, -0.05) is 12.1 Å². The minimum absolute atomic E-state index is 0.127. The predicted molar refractivity (Wildman–Crippen MR) is 84.9 cm³/mol. The van der Waals surface area contributed by atoms with Crippen molar-refractivity contribution in [2.24, 2.45) is 0 Å². The molecule has 0 aliphatic carbocycles. The largest absolute Gasteiger partial charge is 0.399 e. The van der Waals surface area contributed by atoms with Crippen molar-refractivity contribution >= 4 is 15.7 Å². The highest BCUT2D eigenvalue weighted by Gasteiger charge is 2.21. The van der Waals surface area contributed by atoms with Crippen LogP contribution in [0.1, 0.15) is 24.2 Å². The van der Waals surface area contributed by atoms with E-state index >= 15 is 0 Å². The number of nitrogen functional groups attached to an aromatic ring is 1. The average Bonchev–Trinajstić information content (AvgIpc) is 2.94. The highest BCUT2D eigenvalue weighted by atomic mass is 32.2. The fourth-order valence-corrected chi connectivity index (χ4v) is 3.61. The summed E-state index contributed by atoms with van der Waals surface area (Å²) >= 11 is 0. The van der Waals surface area contributed by atoms with Crippen LogP contribution < -0.4 is 10.5 Å². The number of imidazole rings is 1. The van der Waals surface area contributed by atoms with Crippen LogP contribution >= 0.6 is 0 Å². The first-order chi connectivity index (χ1) is 10.5. The quantitative estimate of drug-likeness (QED) is 0.813. The SMILES string of the molecule is Nc1ccc(CCNS(=O)(=O)c2cn3c(n2)CCCC3)cc1. The van der Waals surface area contributed by atoms with Crippen molar-refractivity contribution in [3.8, 4) is 0 Å². The number of aromatic nitrogens is 2. The molecule has 0 amide bonds. The molecule has 1 aliphatic heterocycles. The molecule has 1 aromatic carbocycles. The molecule has 2 heterocycles. The maximum absolute atomic E-state index is 12.3. The van der Waals surface area contributed by atoms with Crippen LogP contribution in [0.25, 0.3) is 0 Å². The molecule has 1 aliphatic rings. The van der Waals surface area contributed by atoms with Gasteiger partial charge in [-0.05, 0) is 37.0 Å². The molecule has 0 unspecified atom stereocenters. The molecular weight excluding hydrogens is 300 g/mol. The fraction of sp³-hybridized carbons (Fsp3) is 0.400. The predicted octanol–water partition coefficient (Wildman–Crippen LogP) is 1.32. The zero-order chi connectivity index (χ0) is 15.6. The van der Waals surface area contributed by atoms with E-state index in [2.05, 4.69) is 9.71 Å². The van der Waals surface area contributed by atoms with Gasteiger partial charge in [0.2, 0.25) is 0 Å². The van der Waals surface area contributed by atoms with Crippen molar-refractivity contribution in [3.05, 3.63) is 41.9 Å². The monoisotopic (exact) mass is 320 g/mol. The highest BCUT2D eigenvalue weighted by molar-refractivity contribution is 7.89. The third-order valence-electron chi connectivity index (χ3n) is 3.85. The fourth-order valence-electron chi connectivity index (χ4n) is 2.60. The zero-order valence-electron chi connectivity index (χ0n) is 12.3. The Bertz CT molecular complexity index is 727. The molecule has 0 bridgehead atoms. The maximum Gasteiger partial charge on any atom is 0.259 e. The summed E-state index contributed by atoms with van der Waals surface area (Å²) in [4.78, 5) is 4.26. The first-order valence-electron chi connectivity index (χ1n) is 7.45. The average molecular weight is 320 g/mol. The summed E-state index contributed by atoms with van der Waals surface area (Å²) in [5.41, 5.74) is 7.37. The lowest BCUT2D eigenvalue weighted by atomic mass is 10.1. The number of anilines is 1. The van der Waals surface area contributed by atoms with Gasteiger partial charge in [0.25, 0.3) is 10.0 Å². The van der Waals surface area contributed by atoms with Crippen molar-refractivity contribution in [1.29, 1.82) is 0 Å². The number of hydrogen-bond donors (Lipinski definition) is 2. The van der Waals surface area contributed by atoms with Crippen LogP contribution in [0.3, 0.4) is 0 Å². The first-order valence-corrected chi connectivity index (χ1v) is 8.93. The van der Waals surface area contributed by atoms with Gasteiger partial charge in [0.05, 0.1) is 0 Å². The normalized spacial score (nSPS) is 14.7. The van der Waals surface area contributed by atoms with Crippen LogP contribution in [-0.4, -0.2) is 24.5 Å². The smallest absolute Gasteiger partial charge is 0.259 e. The summed E-state index contributed by atoms with van der Waals surface area (Å²) in [6.07, 6.45) is 5.25. The molecule has 2 aromatic rings. The van der Waals surface area contributed by atoms with Crippen molar-refractivity contribution < 1.29 is 8.42 Å². The topological polar surface area (TPSA) is 90.0 Å². The number of rotatable bonds is 5. The second-order valence-corrected chi connectivity index (χ2v) is 7.25. The molecule has 1 aromatic heterocycles. The molecular formula is C15H20N4O2S. The molecule has 22 heavy (non-hydrogen) atoms. The molecule has 7 heteroatoms. The summed E-state index contributed by atoms with van der Waals surface area (Å²) < 4.78 is 29.1. The third kappa shape index (κ3) is 3.31. The summed E-state index contributed by atoms with van der Waals surface area (Å²) in [7, 11) is -3.54. The van der Waals surface area contributed by atoms with Gasteiger partial charge in [0.15, 0.2) is 5.03 Å².